The van der Waals surface area contributed by atoms with Crippen molar-refractivity contribution in [3.8, 4) is 0 Å². The van der Waals surface area contributed by atoms with E-state index < -0.39 is 0 Å². The Bertz CT molecular complexity index is 542. The van der Waals surface area contributed by atoms with Gasteiger partial charge in [0, 0.05) is 17.5 Å². The molecule has 2 heteroatoms. The second-order valence-electron chi connectivity index (χ2n) is 4.79. The zero-order valence-corrected chi connectivity index (χ0v) is 10.9. The molecular weight excluding hydrogens is 222 g/mol. The molecule has 0 aliphatic carbocycles. The quantitative estimate of drug-likeness (QED) is 0.853. The van der Waals surface area contributed by atoms with Crippen molar-refractivity contribution in [2.45, 2.75) is 26.7 Å². The molecule has 1 amide bonds. The molecule has 0 spiro atoms. The van der Waals surface area contributed by atoms with Crippen LogP contribution in [0.2, 0.25) is 0 Å². The third kappa shape index (κ3) is 2.89. The maximum absolute atomic E-state index is 11.9. The Morgan fingerprint density at radius 3 is 2.67 bits per heavy atom. The van der Waals surface area contributed by atoms with Gasteiger partial charge in [0.05, 0.1) is 0 Å². The summed E-state index contributed by atoms with van der Waals surface area (Å²) in [5.41, 5.74) is 0.904. The van der Waals surface area contributed by atoms with Crippen molar-refractivity contribution < 1.29 is 4.79 Å². The van der Waals surface area contributed by atoms with Crippen LogP contribution < -0.4 is 5.32 Å². The Morgan fingerprint density at radius 2 is 1.89 bits per heavy atom. The minimum atomic E-state index is 0.0979. The van der Waals surface area contributed by atoms with Crippen LogP contribution in [0.4, 0.5) is 5.69 Å². The molecule has 0 bridgehead atoms. The number of carbonyl (C=O) groups excluding carboxylic acids is 1. The number of anilines is 1. The predicted octanol–water partition coefficient (Wildman–Crippen LogP) is 4.21. The number of hydrogen-bond donors (Lipinski definition) is 1. The van der Waals surface area contributed by atoms with Gasteiger partial charge in [-0.05, 0) is 17.4 Å². The average molecular weight is 241 g/mol. The van der Waals surface area contributed by atoms with Crippen molar-refractivity contribution in [3.63, 3.8) is 0 Å². The molecule has 0 aromatic heterocycles. The molecule has 1 unspecified atom stereocenters. The van der Waals surface area contributed by atoms with E-state index in [0.29, 0.717) is 12.3 Å². The molecule has 0 saturated carbocycles. The summed E-state index contributed by atoms with van der Waals surface area (Å²) in [7, 11) is 0. The lowest BCUT2D eigenvalue weighted by Gasteiger charge is -2.11. The fourth-order valence-electron chi connectivity index (χ4n) is 2.00. The Hall–Kier alpha value is -1.83. The Kier molecular flexibility index (Phi) is 3.98. The van der Waals surface area contributed by atoms with Crippen LogP contribution in [0.15, 0.2) is 42.5 Å². The number of benzene rings is 2. The van der Waals surface area contributed by atoms with Gasteiger partial charge in [-0.15, -0.1) is 0 Å². The van der Waals surface area contributed by atoms with Crippen LogP contribution >= 0.6 is 0 Å². The number of hydrogen-bond acceptors (Lipinski definition) is 1. The van der Waals surface area contributed by atoms with E-state index in [9.17, 15) is 4.79 Å². The van der Waals surface area contributed by atoms with Crippen LogP contribution in [-0.2, 0) is 4.79 Å². The summed E-state index contributed by atoms with van der Waals surface area (Å²) >= 11 is 0. The van der Waals surface area contributed by atoms with E-state index in [4.69, 9.17) is 0 Å². The monoisotopic (exact) mass is 241 g/mol. The zero-order chi connectivity index (χ0) is 13.0. The molecule has 2 nitrogen and oxygen atoms in total. The molecule has 0 aliphatic rings. The molecule has 2 aromatic carbocycles. The molecule has 0 saturated heterocycles. The highest BCUT2D eigenvalue weighted by atomic mass is 16.1. The molecule has 2 aromatic rings. The van der Waals surface area contributed by atoms with Gasteiger partial charge in [-0.2, -0.15) is 0 Å². The van der Waals surface area contributed by atoms with Gasteiger partial charge < -0.3 is 5.32 Å². The van der Waals surface area contributed by atoms with Crippen LogP contribution in [0.1, 0.15) is 26.7 Å². The molecular formula is C16H19NO. The van der Waals surface area contributed by atoms with E-state index in [2.05, 4.69) is 31.3 Å². The first-order valence-electron chi connectivity index (χ1n) is 6.48. The number of nitrogens with one attached hydrogen (secondary N) is 1. The summed E-state index contributed by atoms with van der Waals surface area (Å²) in [6.07, 6.45) is 1.61. The first kappa shape index (κ1) is 12.6. The van der Waals surface area contributed by atoms with E-state index in [-0.39, 0.29) is 5.91 Å². The highest BCUT2D eigenvalue weighted by Crippen LogP contribution is 2.23. The third-order valence-corrected chi connectivity index (χ3v) is 3.29. The van der Waals surface area contributed by atoms with Crippen LogP contribution in [0.3, 0.4) is 0 Å². The number of carbonyl (C=O) groups is 1. The maximum atomic E-state index is 11.9. The molecule has 18 heavy (non-hydrogen) atoms. The van der Waals surface area contributed by atoms with Crippen molar-refractivity contribution in [3.05, 3.63) is 42.5 Å². The van der Waals surface area contributed by atoms with Crippen molar-refractivity contribution in [2.24, 2.45) is 5.92 Å². The van der Waals surface area contributed by atoms with Gasteiger partial charge in [0.15, 0.2) is 0 Å². The van der Waals surface area contributed by atoms with E-state index >= 15 is 0 Å². The van der Waals surface area contributed by atoms with E-state index in [1.54, 1.807) is 0 Å². The lowest BCUT2D eigenvalue weighted by Crippen LogP contribution is -2.14. The van der Waals surface area contributed by atoms with E-state index in [1.807, 2.05) is 30.3 Å². The van der Waals surface area contributed by atoms with Crippen LogP contribution in [0.25, 0.3) is 10.8 Å². The van der Waals surface area contributed by atoms with Crippen LogP contribution in [0.5, 0.6) is 0 Å². The summed E-state index contributed by atoms with van der Waals surface area (Å²) < 4.78 is 0. The SMILES string of the molecule is CCC(C)CC(=O)Nc1cccc2ccccc12. The summed E-state index contributed by atoms with van der Waals surface area (Å²) in [6.45, 7) is 4.21. The van der Waals surface area contributed by atoms with Crippen molar-refractivity contribution in [1.82, 2.24) is 0 Å². The summed E-state index contributed by atoms with van der Waals surface area (Å²) in [5.74, 6) is 0.528. The molecule has 1 N–H and O–H groups in total. The fraction of sp³-hybridized carbons (Fsp3) is 0.312. The molecule has 94 valence electrons. The van der Waals surface area contributed by atoms with Crippen molar-refractivity contribution in [1.29, 1.82) is 0 Å². The van der Waals surface area contributed by atoms with Crippen molar-refractivity contribution >= 4 is 22.4 Å². The minimum Gasteiger partial charge on any atom is -0.326 e. The van der Waals surface area contributed by atoms with Crippen LogP contribution in [0, 0.1) is 5.92 Å². The fourth-order valence-corrected chi connectivity index (χ4v) is 2.00. The van der Waals surface area contributed by atoms with Gasteiger partial charge in [0.2, 0.25) is 5.91 Å². The largest absolute Gasteiger partial charge is 0.326 e. The van der Waals surface area contributed by atoms with Gasteiger partial charge >= 0.3 is 0 Å². The van der Waals surface area contributed by atoms with E-state index in [1.165, 1.54) is 0 Å². The minimum absolute atomic E-state index is 0.0979. The molecule has 0 heterocycles. The highest BCUT2D eigenvalue weighted by Gasteiger charge is 2.08. The summed E-state index contributed by atoms with van der Waals surface area (Å²) in [6, 6.07) is 14.1. The molecule has 0 fully saturated rings. The van der Waals surface area contributed by atoms with Gasteiger partial charge in [-0.1, -0.05) is 56.7 Å². The molecule has 0 radical (unpaired) electrons. The Labute approximate surface area is 108 Å². The molecule has 1 atom stereocenters. The standard InChI is InChI=1S/C16H19NO/c1-3-12(2)11-16(18)17-15-10-6-8-13-7-4-5-9-14(13)15/h4-10,12H,3,11H2,1-2H3,(H,17,18). The number of rotatable bonds is 4. The number of amides is 1. The highest BCUT2D eigenvalue weighted by molar-refractivity contribution is 6.02. The van der Waals surface area contributed by atoms with E-state index in [0.717, 1.165) is 22.9 Å². The second kappa shape index (κ2) is 5.67. The predicted molar refractivity (Wildman–Crippen MR) is 76.6 cm³/mol. The van der Waals surface area contributed by atoms with Crippen LogP contribution in [-0.4, -0.2) is 5.91 Å². The lowest BCUT2D eigenvalue weighted by atomic mass is 10.0. The third-order valence-electron chi connectivity index (χ3n) is 3.29. The maximum Gasteiger partial charge on any atom is 0.224 e. The second-order valence-corrected chi connectivity index (χ2v) is 4.79. The van der Waals surface area contributed by atoms with Crippen molar-refractivity contribution in [2.75, 3.05) is 5.32 Å². The lowest BCUT2D eigenvalue weighted by molar-refractivity contribution is -0.117. The Balaban J connectivity index is 2.19. The molecule has 2 rings (SSSR count). The zero-order valence-electron chi connectivity index (χ0n) is 10.9. The number of fused-ring (bicyclic) bond motifs is 1. The first-order valence-corrected chi connectivity index (χ1v) is 6.48. The van der Waals surface area contributed by atoms with Gasteiger partial charge in [-0.25, -0.2) is 0 Å². The van der Waals surface area contributed by atoms with Gasteiger partial charge in [0.25, 0.3) is 0 Å². The molecule has 0 aliphatic heterocycles. The van der Waals surface area contributed by atoms with Gasteiger partial charge in [0.1, 0.15) is 0 Å². The van der Waals surface area contributed by atoms with Gasteiger partial charge in [-0.3, -0.25) is 4.79 Å². The summed E-state index contributed by atoms with van der Waals surface area (Å²) in [5, 5.41) is 5.26. The topological polar surface area (TPSA) is 29.1 Å². The Morgan fingerprint density at radius 1 is 1.17 bits per heavy atom. The smallest absolute Gasteiger partial charge is 0.224 e. The first-order chi connectivity index (χ1) is 8.70. The average Bonchev–Trinajstić information content (AvgIpc) is 2.39. The normalized spacial score (nSPS) is 12.3. The summed E-state index contributed by atoms with van der Waals surface area (Å²) in [4.78, 5) is 11.9.